The van der Waals surface area contributed by atoms with Gasteiger partial charge in [0.25, 0.3) is 0 Å². The van der Waals surface area contributed by atoms with Crippen LogP contribution in [0, 0.1) is 0 Å². The van der Waals surface area contributed by atoms with Crippen LogP contribution < -0.4 is 5.32 Å². The number of hydrogen-bond acceptors (Lipinski definition) is 3. The molecule has 1 aliphatic carbocycles. The molecule has 1 amide bonds. The lowest BCUT2D eigenvalue weighted by molar-refractivity contribution is -0.117. The molecule has 0 atom stereocenters. The van der Waals surface area contributed by atoms with Crippen molar-refractivity contribution in [2.45, 2.75) is 38.1 Å². The molecule has 1 aromatic heterocycles. The second-order valence-electron chi connectivity index (χ2n) is 5.00. The first kappa shape index (κ1) is 13.0. The van der Waals surface area contributed by atoms with Crippen LogP contribution in [0.4, 0.5) is 5.69 Å². The Morgan fingerprint density at radius 3 is 2.89 bits per heavy atom. The minimum atomic E-state index is 0.0380. The zero-order valence-corrected chi connectivity index (χ0v) is 10.9. The second-order valence-corrected chi connectivity index (χ2v) is 5.00. The van der Waals surface area contributed by atoms with Crippen molar-refractivity contribution >= 4 is 11.6 Å². The van der Waals surface area contributed by atoms with E-state index in [0.29, 0.717) is 12.6 Å². The minimum Gasteiger partial charge on any atom is -0.324 e. The number of pyridine rings is 1. The first-order valence-corrected chi connectivity index (χ1v) is 6.66. The summed E-state index contributed by atoms with van der Waals surface area (Å²) in [5.41, 5.74) is 0.763. The van der Waals surface area contributed by atoms with Gasteiger partial charge >= 0.3 is 0 Å². The summed E-state index contributed by atoms with van der Waals surface area (Å²) in [5.74, 6) is 0.0380. The van der Waals surface area contributed by atoms with Gasteiger partial charge in [0, 0.05) is 12.2 Å². The van der Waals surface area contributed by atoms with Crippen molar-refractivity contribution in [1.82, 2.24) is 9.88 Å². The third kappa shape index (κ3) is 3.81. The quantitative estimate of drug-likeness (QED) is 0.888. The molecule has 0 spiro atoms. The van der Waals surface area contributed by atoms with Gasteiger partial charge in [-0.15, -0.1) is 0 Å². The van der Waals surface area contributed by atoms with Gasteiger partial charge in [-0.2, -0.15) is 0 Å². The van der Waals surface area contributed by atoms with Crippen LogP contribution in [0.5, 0.6) is 0 Å². The number of rotatable bonds is 4. The molecule has 4 heteroatoms. The first-order chi connectivity index (χ1) is 8.75. The molecule has 4 nitrogen and oxygen atoms in total. The topological polar surface area (TPSA) is 45.2 Å². The lowest BCUT2D eigenvalue weighted by Gasteiger charge is -2.30. The van der Waals surface area contributed by atoms with Crippen molar-refractivity contribution in [3.63, 3.8) is 0 Å². The van der Waals surface area contributed by atoms with E-state index < -0.39 is 0 Å². The van der Waals surface area contributed by atoms with Crippen LogP contribution in [-0.4, -0.2) is 35.4 Å². The Morgan fingerprint density at radius 1 is 1.44 bits per heavy atom. The van der Waals surface area contributed by atoms with Gasteiger partial charge in [0.15, 0.2) is 0 Å². The van der Waals surface area contributed by atoms with E-state index in [2.05, 4.69) is 15.2 Å². The van der Waals surface area contributed by atoms with Gasteiger partial charge < -0.3 is 5.32 Å². The number of anilines is 1. The van der Waals surface area contributed by atoms with Gasteiger partial charge in [0.2, 0.25) is 5.91 Å². The first-order valence-electron chi connectivity index (χ1n) is 6.66. The summed E-state index contributed by atoms with van der Waals surface area (Å²) in [7, 11) is 2.04. The zero-order chi connectivity index (χ0) is 12.8. The summed E-state index contributed by atoms with van der Waals surface area (Å²) >= 11 is 0. The maximum atomic E-state index is 11.9. The maximum absolute atomic E-state index is 11.9. The van der Waals surface area contributed by atoms with E-state index in [1.165, 1.54) is 32.1 Å². The van der Waals surface area contributed by atoms with E-state index in [1.807, 2.05) is 19.2 Å². The van der Waals surface area contributed by atoms with Crippen LogP contribution in [0.3, 0.4) is 0 Å². The minimum absolute atomic E-state index is 0.0380. The number of nitrogens with one attached hydrogen (secondary N) is 1. The highest BCUT2D eigenvalue weighted by atomic mass is 16.2. The second kappa shape index (κ2) is 6.50. The zero-order valence-electron chi connectivity index (χ0n) is 10.9. The van der Waals surface area contributed by atoms with Crippen molar-refractivity contribution < 1.29 is 4.79 Å². The van der Waals surface area contributed by atoms with Gasteiger partial charge in [-0.3, -0.25) is 14.7 Å². The van der Waals surface area contributed by atoms with Crippen LogP contribution in [0.25, 0.3) is 0 Å². The van der Waals surface area contributed by atoms with Gasteiger partial charge in [0.05, 0.1) is 18.4 Å². The number of carbonyl (C=O) groups is 1. The monoisotopic (exact) mass is 247 g/mol. The van der Waals surface area contributed by atoms with Crippen molar-refractivity contribution in [2.24, 2.45) is 0 Å². The molecular formula is C14H21N3O. The van der Waals surface area contributed by atoms with Crippen molar-refractivity contribution in [3.05, 3.63) is 24.5 Å². The highest BCUT2D eigenvalue weighted by molar-refractivity contribution is 5.92. The molecule has 0 bridgehead atoms. The van der Waals surface area contributed by atoms with Crippen molar-refractivity contribution in [1.29, 1.82) is 0 Å². The Balaban J connectivity index is 1.79. The highest BCUT2D eigenvalue weighted by Crippen LogP contribution is 2.21. The fraction of sp³-hybridized carbons (Fsp3) is 0.571. The Morgan fingerprint density at radius 2 is 2.22 bits per heavy atom. The molecule has 1 heterocycles. The van der Waals surface area contributed by atoms with E-state index in [4.69, 9.17) is 0 Å². The van der Waals surface area contributed by atoms with Crippen LogP contribution >= 0.6 is 0 Å². The fourth-order valence-corrected chi connectivity index (χ4v) is 2.51. The smallest absolute Gasteiger partial charge is 0.238 e. The Kier molecular flexibility index (Phi) is 4.70. The predicted molar refractivity (Wildman–Crippen MR) is 72.4 cm³/mol. The molecular weight excluding hydrogens is 226 g/mol. The van der Waals surface area contributed by atoms with E-state index in [1.54, 1.807) is 12.4 Å². The molecule has 0 radical (unpaired) electrons. The summed E-state index contributed by atoms with van der Waals surface area (Å²) in [6.07, 6.45) is 9.72. The number of likely N-dealkylation sites (N-methyl/N-ethyl adjacent to an activating group) is 1. The Bertz CT molecular complexity index is 374. The van der Waals surface area contributed by atoms with E-state index in [0.717, 1.165) is 5.69 Å². The summed E-state index contributed by atoms with van der Waals surface area (Å²) in [4.78, 5) is 18.0. The molecule has 0 saturated heterocycles. The lowest BCUT2D eigenvalue weighted by Crippen LogP contribution is -2.39. The number of carbonyl (C=O) groups excluding carboxylic acids is 1. The van der Waals surface area contributed by atoms with Gasteiger partial charge in [-0.05, 0) is 32.0 Å². The molecule has 2 rings (SSSR count). The fourth-order valence-electron chi connectivity index (χ4n) is 2.51. The van der Waals surface area contributed by atoms with Gasteiger partial charge in [-0.1, -0.05) is 19.3 Å². The number of amides is 1. The molecule has 0 aliphatic heterocycles. The third-order valence-corrected chi connectivity index (χ3v) is 3.54. The summed E-state index contributed by atoms with van der Waals surface area (Å²) < 4.78 is 0. The molecule has 0 unspecified atom stereocenters. The SMILES string of the molecule is CN(CC(=O)Nc1cccnc1)C1CCCCC1. The molecule has 1 N–H and O–H groups in total. The highest BCUT2D eigenvalue weighted by Gasteiger charge is 2.19. The average molecular weight is 247 g/mol. The van der Waals surface area contributed by atoms with Crippen LogP contribution in [0.1, 0.15) is 32.1 Å². The largest absolute Gasteiger partial charge is 0.324 e. The van der Waals surface area contributed by atoms with E-state index in [9.17, 15) is 4.79 Å². The van der Waals surface area contributed by atoms with E-state index >= 15 is 0 Å². The molecule has 1 aromatic rings. The molecule has 98 valence electrons. The number of nitrogens with zero attached hydrogens (tertiary/aromatic N) is 2. The van der Waals surface area contributed by atoms with Crippen molar-refractivity contribution in [3.8, 4) is 0 Å². The molecule has 1 fully saturated rings. The summed E-state index contributed by atoms with van der Waals surface area (Å²) in [5, 5.41) is 2.87. The summed E-state index contributed by atoms with van der Waals surface area (Å²) in [6, 6.07) is 4.24. The summed E-state index contributed by atoms with van der Waals surface area (Å²) in [6.45, 7) is 0.458. The molecule has 0 aromatic carbocycles. The van der Waals surface area contributed by atoms with Crippen molar-refractivity contribution in [2.75, 3.05) is 18.9 Å². The Hall–Kier alpha value is -1.42. The maximum Gasteiger partial charge on any atom is 0.238 e. The molecule has 1 aliphatic rings. The third-order valence-electron chi connectivity index (χ3n) is 3.54. The van der Waals surface area contributed by atoms with Gasteiger partial charge in [-0.25, -0.2) is 0 Å². The van der Waals surface area contributed by atoms with Crippen LogP contribution in [0.2, 0.25) is 0 Å². The lowest BCUT2D eigenvalue weighted by atomic mass is 9.94. The standard InChI is InChI=1S/C14H21N3O/c1-17(13-7-3-2-4-8-13)11-14(18)16-12-6-5-9-15-10-12/h5-6,9-10,13H,2-4,7-8,11H2,1H3,(H,16,18). The molecule has 18 heavy (non-hydrogen) atoms. The van der Waals surface area contributed by atoms with Crippen LogP contribution in [0.15, 0.2) is 24.5 Å². The Labute approximate surface area is 108 Å². The molecule has 1 saturated carbocycles. The average Bonchev–Trinajstić information content (AvgIpc) is 2.40. The number of aromatic nitrogens is 1. The normalized spacial score (nSPS) is 16.8. The van der Waals surface area contributed by atoms with E-state index in [-0.39, 0.29) is 5.91 Å². The van der Waals surface area contributed by atoms with Crippen LogP contribution in [-0.2, 0) is 4.79 Å². The predicted octanol–water partition coefficient (Wildman–Crippen LogP) is 2.28. The van der Waals surface area contributed by atoms with Gasteiger partial charge in [0.1, 0.15) is 0 Å². The number of hydrogen-bond donors (Lipinski definition) is 1.